The number of hydrogen-bond donors (Lipinski definition) is 1. The number of benzene rings is 1. The summed E-state index contributed by atoms with van der Waals surface area (Å²) < 4.78 is 1.79. The van der Waals surface area contributed by atoms with Crippen molar-refractivity contribution in [2.45, 2.75) is 5.03 Å². The van der Waals surface area contributed by atoms with E-state index >= 15 is 0 Å². The van der Waals surface area contributed by atoms with Crippen molar-refractivity contribution in [3.63, 3.8) is 0 Å². The van der Waals surface area contributed by atoms with E-state index in [1.807, 2.05) is 30.5 Å². The third-order valence-electron chi connectivity index (χ3n) is 2.38. The number of carbonyl (C=O) groups excluding carboxylic acids is 1. The first-order valence-corrected chi connectivity index (χ1v) is 8.46. The highest BCUT2D eigenvalue weighted by Crippen LogP contribution is 2.20. The number of thioether (sulfide) groups is 1. The predicted molar refractivity (Wildman–Crippen MR) is 90.8 cm³/mol. The molecule has 0 atom stereocenters. The summed E-state index contributed by atoms with van der Waals surface area (Å²) in [7, 11) is 0. The number of nitrogens with zero attached hydrogens (tertiary/aromatic N) is 1. The minimum absolute atomic E-state index is 0.135. The van der Waals surface area contributed by atoms with E-state index in [1.165, 1.54) is 0 Å². The average Bonchev–Trinajstić information content (AvgIpc) is 2.42. The molecule has 0 aliphatic heterocycles. The van der Waals surface area contributed by atoms with Gasteiger partial charge in [-0.1, -0.05) is 15.9 Å². The molecular weight excluding hydrogens is 439 g/mol. The van der Waals surface area contributed by atoms with Crippen LogP contribution in [0.1, 0.15) is 10.4 Å². The molecule has 1 heterocycles. The standard InChI is InChI=1S/C13H10BrIN2OS/c1-19-12-5-3-9(7-16-12)17-13(18)10-6-8(14)2-4-11(10)15/h2-7H,1H3,(H,17,18). The summed E-state index contributed by atoms with van der Waals surface area (Å²) in [5.74, 6) is -0.135. The minimum Gasteiger partial charge on any atom is -0.321 e. The van der Waals surface area contributed by atoms with Crippen molar-refractivity contribution in [1.82, 2.24) is 4.98 Å². The maximum atomic E-state index is 12.2. The number of pyridine rings is 1. The number of nitrogens with one attached hydrogen (secondary N) is 1. The second-order valence-corrected chi connectivity index (χ2v) is 6.57. The van der Waals surface area contributed by atoms with Crippen LogP contribution < -0.4 is 5.32 Å². The number of hydrogen-bond acceptors (Lipinski definition) is 3. The molecule has 1 aromatic carbocycles. The van der Waals surface area contributed by atoms with Gasteiger partial charge >= 0.3 is 0 Å². The molecule has 1 aromatic heterocycles. The largest absolute Gasteiger partial charge is 0.321 e. The number of aromatic nitrogens is 1. The van der Waals surface area contributed by atoms with E-state index < -0.39 is 0 Å². The van der Waals surface area contributed by atoms with Crippen LogP contribution in [0.15, 0.2) is 46.0 Å². The summed E-state index contributed by atoms with van der Waals surface area (Å²) in [6.45, 7) is 0. The summed E-state index contributed by atoms with van der Waals surface area (Å²) in [4.78, 5) is 16.4. The molecule has 0 unspecified atom stereocenters. The molecule has 0 fully saturated rings. The van der Waals surface area contributed by atoms with Crippen molar-refractivity contribution in [2.24, 2.45) is 0 Å². The van der Waals surface area contributed by atoms with Crippen molar-refractivity contribution in [2.75, 3.05) is 11.6 Å². The molecule has 0 aliphatic rings. The maximum Gasteiger partial charge on any atom is 0.256 e. The van der Waals surface area contributed by atoms with Gasteiger partial charge in [-0.3, -0.25) is 4.79 Å². The number of carbonyl (C=O) groups is 1. The molecule has 0 spiro atoms. The first-order valence-electron chi connectivity index (χ1n) is 5.36. The van der Waals surface area contributed by atoms with Gasteiger partial charge in [0.2, 0.25) is 0 Å². The third kappa shape index (κ3) is 3.93. The van der Waals surface area contributed by atoms with Gasteiger partial charge < -0.3 is 5.32 Å². The van der Waals surface area contributed by atoms with Crippen LogP contribution in [-0.4, -0.2) is 17.1 Å². The van der Waals surface area contributed by atoms with Crippen LogP contribution in [0.4, 0.5) is 5.69 Å². The van der Waals surface area contributed by atoms with Crippen LogP contribution in [0.3, 0.4) is 0 Å². The Morgan fingerprint density at radius 3 is 2.79 bits per heavy atom. The molecule has 1 amide bonds. The van der Waals surface area contributed by atoms with Gasteiger partial charge in [-0.2, -0.15) is 0 Å². The Labute approximate surface area is 137 Å². The first kappa shape index (κ1) is 14.8. The van der Waals surface area contributed by atoms with Gasteiger partial charge in [0.25, 0.3) is 5.91 Å². The normalized spacial score (nSPS) is 10.3. The van der Waals surface area contributed by atoms with Gasteiger partial charge in [-0.25, -0.2) is 4.98 Å². The zero-order valence-corrected chi connectivity index (χ0v) is 14.5. The molecule has 98 valence electrons. The SMILES string of the molecule is CSc1ccc(NC(=O)c2cc(Br)ccc2I)cn1. The molecule has 6 heteroatoms. The second kappa shape index (κ2) is 6.71. The lowest BCUT2D eigenvalue weighted by Crippen LogP contribution is -2.13. The number of halogens is 2. The van der Waals surface area contributed by atoms with E-state index in [0.29, 0.717) is 11.3 Å². The molecule has 0 aliphatic carbocycles. The van der Waals surface area contributed by atoms with Crippen LogP contribution in [0.2, 0.25) is 0 Å². The highest BCUT2D eigenvalue weighted by molar-refractivity contribution is 14.1. The highest BCUT2D eigenvalue weighted by Gasteiger charge is 2.10. The van der Waals surface area contributed by atoms with Crippen LogP contribution in [0, 0.1) is 3.57 Å². The van der Waals surface area contributed by atoms with E-state index in [4.69, 9.17) is 0 Å². The summed E-state index contributed by atoms with van der Waals surface area (Å²) >= 11 is 7.08. The van der Waals surface area contributed by atoms with Gasteiger partial charge in [0.15, 0.2) is 0 Å². The van der Waals surface area contributed by atoms with Crippen molar-refractivity contribution >= 4 is 61.9 Å². The topological polar surface area (TPSA) is 42.0 Å². The van der Waals surface area contributed by atoms with Gasteiger partial charge in [0, 0.05) is 8.04 Å². The molecule has 1 N–H and O–H groups in total. The maximum absolute atomic E-state index is 12.2. The van der Waals surface area contributed by atoms with Crippen molar-refractivity contribution in [3.05, 3.63) is 50.1 Å². The lowest BCUT2D eigenvalue weighted by Gasteiger charge is -2.07. The Morgan fingerprint density at radius 1 is 1.37 bits per heavy atom. The molecule has 0 saturated carbocycles. The summed E-state index contributed by atoms with van der Waals surface area (Å²) in [5, 5.41) is 3.77. The Morgan fingerprint density at radius 2 is 2.16 bits per heavy atom. The van der Waals surface area contributed by atoms with Gasteiger partial charge in [-0.05, 0) is 59.2 Å². The third-order valence-corrected chi connectivity index (χ3v) is 4.47. The fourth-order valence-corrected chi connectivity index (χ4v) is 2.75. The summed E-state index contributed by atoms with van der Waals surface area (Å²) in [5.41, 5.74) is 1.34. The fraction of sp³-hybridized carbons (Fsp3) is 0.0769. The lowest BCUT2D eigenvalue weighted by atomic mass is 10.2. The zero-order chi connectivity index (χ0) is 13.8. The van der Waals surface area contributed by atoms with Crippen LogP contribution in [-0.2, 0) is 0 Å². The first-order chi connectivity index (χ1) is 9.10. The Bertz CT molecular complexity index is 604. The molecule has 19 heavy (non-hydrogen) atoms. The van der Waals surface area contributed by atoms with Crippen LogP contribution >= 0.6 is 50.3 Å². The van der Waals surface area contributed by atoms with Gasteiger partial charge in [-0.15, -0.1) is 11.8 Å². The Hall–Kier alpha value is -0.600. The second-order valence-electron chi connectivity index (χ2n) is 3.67. The van der Waals surface area contributed by atoms with Crippen molar-refractivity contribution < 1.29 is 4.79 Å². The molecule has 0 saturated heterocycles. The number of anilines is 1. The fourth-order valence-electron chi connectivity index (χ4n) is 1.44. The number of amides is 1. The Balaban J connectivity index is 2.18. The Kier molecular flexibility index (Phi) is 5.23. The molecule has 3 nitrogen and oxygen atoms in total. The summed E-state index contributed by atoms with van der Waals surface area (Å²) in [6.07, 6.45) is 3.62. The molecule has 2 rings (SSSR count). The molecule has 0 bridgehead atoms. The predicted octanol–water partition coefficient (Wildman–Crippen LogP) is 4.42. The smallest absolute Gasteiger partial charge is 0.256 e. The minimum atomic E-state index is -0.135. The van der Waals surface area contributed by atoms with Crippen LogP contribution in [0.25, 0.3) is 0 Å². The quantitative estimate of drug-likeness (QED) is 0.558. The van der Waals surface area contributed by atoms with Gasteiger partial charge in [0.05, 0.1) is 22.5 Å². The average molecular weight is 449 g/mol. The lowest BCUT2D eigenvalue weighted by molar-refractivity contribution is 0.102. The van der Waals surface area contributed by atoms with E-state index in [2.05, 4.69) is 48.8 Å². The van der Waals surface area contributed by atoms with Crippen LogP contribution in [0.5, 0.6) is 0 Å². The zero-order valence-electron chi connectivity index (χ0n) is 9.98. The number of rotatable bonds is 3. The highest BCUT2D eigenvalue weighted by atomic mass is 127. The summed E-state index contributed by atoms with van der Waals surface area (Å²) in [6, 6.07) is 9.34. The van der Waals surface area contributed by atoms with E-state index in [9.17, 15) is 4.79 Å². The molecule has 0 radical (unpaired) electrons. The monoisotopic (exact) mass is 448 g/mol. The van der Waals surface area contributed by atoms with E-state index in [-0.39, 0.29) is 5.91 Å². The molecule has 2 aromatic rings. The van der Waals surface area contributed by atoms with E-state index in [1.54, 1.807) is 24.0 Å². The molecular formula is C13H10BrIN2OS. The van der Waals surface area contributed by atoms with E-state index in [0.717, 1.165) is 13.1 Å². The van der Waals surface area contributed by atoms with Gasteiger partial charge in [0.1, 0.15) is 0 Å². The van der Waals surface area contributed by atoms with Crippen molar-refractivity contribution in [1.29, 1.82) is 0 Å². The van der Waals surface area contributed by atoms with Crippen molar-refractivity contribution in [3.8, 4) is 0 Å².